The number of nitrogens with zero attached hydrogens (tertiary/aromatic N) is 1. The van der Waals surface area contributed by atoms with Crippen molar-refractivity contribution >= 4 is 5.91 Å². The molecule has 0 spiro atoms. The lowest BCUT2D eigenvalue weighted by Gasteiger charge is -2.36. The molecule has 5 heteroatoms. The van der Waals surface area contributed by atoms with E-state index in [1.807, 2.05) is 19.9 Å². The Morgan fingerprint density at radius 1 is 1.09 bits per heavy atom. The van der Waals surface area contributed by atoms with Gasteiger partial charge in [0.25, 0.3) is 5.91 Å². The number of hydrogen-bond acceptors (Lipinski definition) is 3. The number of ether oxygens (including phenoxy) is 1. The van der Waals surface area contributed by atoms with Crippen molar-refractivity contribution in [2.24, 2.45) is 0 Å². The molecule has 0 radical (unpaired) electrons. The summed E-state index contributed by atoms with van der Waals surface area (Å²) in [5.41, 5.74) is 3.46. The van der Waals surface area contributed by atoms with E-state index in [0.717, 1.165) is 30.7 Å². The van der Waals surface area contributed by atoms with Gasteiger partial charge < -0.3 is 10.1 Å². The molecule has 176 valence electrons. The normalized spacial score (nSPS) is 14.2. The fourth-order valence-corrected chi connectivity index (χ4v) is 4.23. The number of methoxy groups -OCH3 is 1. The molecule has 0 aliphatic carbocycles. The summed E-state index contributed by atoms with van der Waals surface area (Å²) in [4.78, 5) is 15.2. The first-order chi connectivity index (χ1) is 15.2. The first-order valence-electron chi connectivity index (χ1n) is 11.7. The molecule has 0 aliphatic heterocycles. The zero-order valence-corrected chi connectivity index (χ0v) is 20.7. The van der Waals surface area contributed by atoms with Gasteiger partial charge in [-0.15, -0.1) is 0 Å². The summed E-state index contributed by atoms with van der Waals surface area (Å²) in [6, 6.07) is 11.6. The number of carbonyl (C=O) groups excluding carboxylic acids is 1. The van der Waals surface area contributed by atoms with Crippen LogP contribution in [0.25, 0.3) is 0 Å². The fourth-order valence-electron chi connectivity index (χ4n) is 4.23. The highest BCUT2D eigenvalue weighted by Crippen LogP contribution is 2.23. The van der Waals surface area contributed by atoms with Crippen LogP contribution in [-0.4, -0.2) is 36.0 Å². The van der Waals surface area contributed by atoms with E-state index in [0.29, 0.717) is 23.6 Å². The minimum Gasteiger partial charge on any atom is -0.496 e. The standard InChI is InChI=1S/C27H39FN2O2/c1-8-20(5)30(17-22-10-13-26(32-7)18(3)14-22)21(6)15-19(4)29-27(31)24-11-12-25(28)23(9-2)16-24/h10-14,16,19-21H,8-9,15,17H2,1-7H3,(H,29,31)/t19?,20-,21?/m0/s1. The quantitative estimate of drug-likeness (QED) is 0.471. The number of hydrogen-bond donors (Lipinski definition) is 1. The maximum absolute atomic E-state index is 13.8. The third-order valence-corrected chi connectivity index (χ3v) is 6.31. The van der Waals surface area contributed by atoms with Gasteiger partial charge in [-0.3, -0.25) is 9.69 Å². The van der Waals surface area contributed by atoms with E-state index in [-0.39, 0.29) is 23.8 Å². The van der Waals surface area contributed by atoms with E-state index in [2.05, 4.69) is 50.0 Å². The number of carbonyl (C=O) groups is 1. The van der Waals surface area contributed by atoms with Crippen molar-refractivity contribution in [1.29, 1.82) is 0 Å². The van der Waals surface area contributed by atoms with Crippen LogP contribution >= 0.6 is 0 Å². The van der Waals surface area contributed by atoms with Gasteiger partial charge in [0.05, 0.1) is 7.11 Å². The van der Waals surface area contributed by atoms with Crippen molar-refractivity contribution in [3.63, 3.8) is 0 Å². The Kier molecular flexibility index (Phi) is 9.70. The molecule has 1 N–H and O–H groups in total. The van der Waals surface area contributed by atoms with Gasteiger partial charge in [0.15, 0.2) is 0 Å². The minimum absolute atomic E-state index is 0.00297. The minimum atomic E-state index is -0.260. The zero-order chi connectivity index (χ0) is 23.8. The molecule has 2 unspecified atom stereocenters. The molecule has 4 nitrogen and oxygen atoms in total. The molecule has 2 aromatic carbocycles. The van der Waals surface area contributed by atoms with Crippen LogP contribution in [0, 0.1) is 12.7 Å². The Balaban J connectivity index is 2.06. The van der Waals surface area contributed by atoms with Gasteiger partial charge in [0, 0.05) is 30.2 Å². The molecule has 2 aromatic rings. The average Bonchev–Trinajstić information content (AvgIpc) is 2.77. The van der Waals surface area contributed by atoms with Gasteiger partial charge in [-0.2, -0.15) is 0 Å². The summed E-state index contributed by atoms with van der Waals surface area (Å²) in [6.07, 6.45) is 2.44. The fraction of sp³-hybridized carbons (Fsp3) is 0.519. The Bertz CT molecular complexity index is 899. The SMILES string of the molecule is CCc1cc(C(=O)NC(C)CC(C)N(Cc2ccc(OC)c(C)c2)[C@@H](C)CC)ccc1F. The Labute approximate surface area is 193 Å². The summed E-state index contributed by atoms with van der Waals surface area (Å²) in [7, 11) is 1.69. The van der Waals surface area contributed by atoms with E-state index in [1.165, 1.54) is 11.6 Å². The van der Waals surface area contributed by atoms with Crippen LogP contribution in [0.4, 0.5) is 4.39 Å². The van der Waals surface area contributed by atoms with E-state index in [9.17, 15) is 9.18 Å². The highest BCUT2D eigenvalue weighted by atomic mass is 19.1. The van der Waals surface area contributed by atoms with E-state index in [1.54, 1.807) is 19.2 Å². The van der Waals surface area contributed by atoms with E-state index in [4.69, 9.17) is 4.74 Å². The van der Waals surface area contributed by atoms with Crippen LogP contribution in [0.1, 0.15) is 74.5 Å². The first kappa shape index (κ1) is 25.9. The molecule has 3 atom stereocenters. The second-order valence-corrected chi connectivity index (χ2v) is 8.85. The van der Waals surface area contributed by atoms with E-state index >= 15 is 0 Å². The highest BCUT2D eigenvalue weighted by molar-refractivity contribution is 5.94. The third-order valence-electron chi connectivity index (χ3n) is 6.31. The van der Waals surface area contributed by atoms with Crippen LogP contribution in [0.15, 0.2) is 36.4 Å². The molecule has 0 saturated heterocycles. The topological polar surface area (TPSA) is 41.6 Å². The van der Waals surface area contributed by atoms with E-state index < -0.39 is 0 Å². The molecule has 0 fully saturated rings. The summed E-state index contributed by atoms with van der Waals surface area (Å²) in [5.74, 6) is 0.490. The van der Waals surface area contributed by atoms with Crippen LogP contribution in [0.5, 0.6) is 5.75 Å². The summed E-state index contributed by atoms with van der Waals surface area (Å²) in [5, 5.41) is 3.09. The Morgan fingerprint density at radius 3 is 2.41 bits per heavy atom. The van der Waals surface area contributed by atoms with Gasteiger partial charge >= 0.3 is 0 Å². The number of halogens is 1. The highest BCUT2D eigenvalue weighted by Gasteiger charge is 2.22. The van der Waals surface area contributed by atoms with Crippen LogP contribution in [0.2, 0.25) is 0 Å². The summed E-state index contributed by atoms with van der Waals surface area (Å²) < 4.78 is 19.2. The monoisotopic (exact) mass is 442 g/mol. The van der Waals surface area contributed by atoms with Gasteiger partial charge in [-0.1, -0.05) is 26.0 Å². The van der Waals surface area contributed by atoms with Gasteiger partial charge in [0.2, 0.25) is 0 Å². The number of amides is 1. The molecule has 32 heavy (non-hydrogen) atoms. The van der Waals surface area contributed by atoms with Crippen molar-refractivity contribution in [2.75, 3.05) is 7.11 Å². The molecule has 0 aromatic heterocycles. The van der Waals surface area contributed by atoms with Gasteiger partial charge in [-0.05, 0) is 87.9 Å². The molecule has 0 bridgehead atoms. The Morgan fingerprint density at radius 2 is 1.81 bits per heavy atom. The number of nitrogens with one attached hydrogen (secondary N) is 1. The van der Waals surface area contributed by atoms with Crippen molar-refractivity contribution in [3.8, 4) is 5.75 Å². The number of aryl methyl sites for hydroxylation is 2. The lowest BCUT2D eigenvalue weighted by molar-refractivity contribution is 0.0913. The largest absolute Gasteiger partial charge is 0.496 e. The van der Waals surface area contributed by atoms with Crippen molar-refractivity contribution in [3.05, 3.63) is 64.5 Å². The second-order valence-electron chi connectivity index (χ2n) is 8.85. The predicted octanol–water partition coefficient (Wildman–Crippen LogP) is 5.90. The molecule has 0 saturated carbocycles. The molecule has 2 rings (SSSR count). The second kappa shape index (κ2) is 12.0. The molecule has 0 heterocycles. The molecule has 1 amide bonds. The number of benzene rings is 2. The van der Waals surface area contributed by atoms with Gasteiger partial charge in [-0.25, -0.2) is 4.39 Å². The van der Waals surface area contributed by atoms with Crippen molar-refractivity contribution in [1.82, 2.24) is 10.2 Å². The summed E-state index contributed by atoms with van der Waals surface area (Å²) in [6.45, 7) is 13.5. The van der Waals surface area contributed by atoms with Crippen LogP contribution in [-0.2, 0) is 13.0 Å². The molecular weight excluding hydrogens is 403 g/mol. The van der Waals surface area contributed by atoms with Gasteiger partial charge in [0.1, 0.15) is 11.6 Å². The Hall–Kier alpha value is -2.40. The van der Waals surface area contributed by atoms with Crippen molar-refractivity contribution in [2.45, 2.75) is 85.5 Å². The third kappa shape index (κ3) is 6.80. The van der Waals surface area contributed by atoms with Crippen LogP contribution in [0.3, 0.4) is 0 Å². The maximum atomic E-state index is 13.8. The smallest absolute Gasteiger partial charge is 0.251 e. The lowest BCUT2D eigenvalue weighted by atomic mass is 10.0. The summed E-state index contributed by atoms with van der Waals surface area (Å²) >= 11 is 0. The lowest BCUT2D eigenvalue weighted by Crippen LogP contribution is -2.44. The zero-order valence-electron chi connectivity index (χ0n) is 20.7. The predicted molar refractivity (Wildman–Crippen MR) is 130 cm³/mol. The maximum Gasteiger partial charge on any atom is 0.251 e. The molecule has 0 aliphatic rings. The number of rotatable bonds is 11. The van der Waals surface area contributed by atoms with Crippen molar-refractivity contribution < 1.29 is 13.9 Å². The average molecular weight is 443 g/mol. The first-order valence-corrected chi connectivity index (χ1v) is 11.7. The molecular formula is C27H39FN2O2. The van der Waals surface area contributed by atoms with Crippen LogP contribution < -0.4 is 10.1 Å².